The van der Waals surface area contributed by atoms with Gasteiger partial charge in [0.05, 0.1) is 7.11 Å². The number of pyridine rings is 1. The molecule has 0 aliphatic heterocycles. The monoisotopic (exact) mass is 298 g/mol. The van der Waals surface area contributed by atoms with Gasteiger partial charge in [-0.05, 0) is 22.0 Å². The molecule has 0 fully saturated rings. The van der Waals surface area contributed by atoms with Gasteiger partial charge < -0.3 is 9.84 Å². The standard InChI is InChI=1S/C10H11BrN4O2/c1-15-8(10(11)13-14-15)9(16)6-3-4-7(17-2)12-5-6/h3-5,9,16H,1-2H3. The van der Waals surface area contributed by atoms with Gasteiger partial charge in [0.25, 0.3) is 0 Å². The molecule has 7 heteroatoms. The first-order chi connectivity index (χ1) is 8.13. The van der Waals surface area contributed by atoms with Crippen molar-refractivity contribution in [2.45, 2.75) is 6.10 Å². The predicted molar refractivity (Wildman–Crippen MR) is 63.6 cm³/mol. The second-order valence-corrected chi connectivity index (χ2v) is 4.18. The summed E-state index contributed by atoms with van der Waals surface area (Å²) in [6.45, 7) is 0. The van der Waals surface area contributed by atoms with E-state index in [-0.39, 0.29) is 0 Å². The molecule has 6 nitrogen and oxygen atoms in total. The van der Waals surface area contributed by atoms with Crippen molar-refractivity contribution >= 4 is 15.9 Å². The van der Waals surface area contributed by atoms with Crippen molar-refractivity contribution in [3.05, 3.63) is 34.2 Å². The average Bonchev–Trinajstić information content (AvgIpc) is 2.68. The number of rotatable bonds is 3. The zero-order valence-corrected chi connectivity index (χ0v) is 10.9. The number of aliphatic hydroxyl groups excluding tert-OH is 1. The van der Waals surface area contributed by atoms with Gasteiger partial charge in [-0.25, -0.2) is 9.67 Å². The van der Waals surface area contributed by atoms with Gasteiger partial charge in [-0.15, -0.1) is 5.10 Å². The Labute approximate surface area is 106 Å². The van der Waals surface area contributed by atoms with Gasteiger partial charge in [0.15, 0.2) is 4.60 Å². The van der Waals surface area contributed by atoms with Crippen molar-refractivity contribution in [3.63, 3.8) is 0 Å². The molecule has 90 valence electrons. The van der Waals surface area contributed by atoms with Crippen LogP contribution in [0.4, 0.5) is 0 Å². The van der Waals surface area contributed by atoms with E-state index in [9.17, 15) is 5.11 Å². The van der Waals surface area contributed by atoms with E-state index in [1.165, 1.54) is 4.68 Å². The Morgan fingerprint density at radius 1 is 1.47 bits per heavy atom. The minimum Gasteiger partial charge on any atom is -0.481 e. The Balaban J connectivity index is 2.33. The normalized spacial score (nSPS) is 12.5. The quantitative estimate of drug-likeness (QED) is 0.917. The summed E-state index contributed by atoms with van der Waals surface area (Å²) in [4.78, 5) is 4.04. The van der Waals surface area contributed by atoms with Gasteiger partial charge in [0, 0.05) is 24.9 Å². The van der Waals surface area contributed by atoms with Crippen molar-refractivity contribution in [1.29, 1.82) is 0 Å². The number of aryl methyl sites for hydroxylation is 1. The predicted octanol–water partition coefficient (Wildman–Crippen LogP) is 1.06. The first-order valence-electron chi connectivity index (χ1n) is 4.86. The van der Waals surface area contributed by atoms with Crippen LogP contribution in [0.1, 0.15) is 17.4 Å². The van der Waals surface area contributed by atoms with Crippen LogP contribution >= 0.6 is 15.9 Å². The molecular formula is C10H11BrN4O2. The fourth-order valence-electron chi connectivity index (χ4n) is 1.46. The molecule has 0 aromatic carbocycles. The third-order valence-corrected chi connectivity index (χ3v) is 2.93. The Morgan fingerprint density at radius 2 is 2.24 bits per heavy atom. The highest BCUT2D eigenvalue weighted by Gasteiger charge is 2.19. The molecular weight excluding hydrogens is 288 g/mol. The zero-order valence-electron chi connectivity index (χ0n) is 9.33. The third-order valence-electron chi connectivity index (χ3n) is 2.37. The maximum atomic E-state index is 10.2. The van der Waals surface area contributed by atoms with Crippen LogP contribution in [-0.4, -0.2) is 32.2 Å². The Kier molecular flexibility index (Phi) is 3.39. The SMILES string of the molecule is COc1ccc(C(O)c2c(Br)nnn2C)cn1. The molecule has 2 heterocycles. The topological polar surface area (TPSA) is 73.1 Å². The lowest BCUT2D eigenvalue weighted by atomic mass is 10.1. The van der Waals surface area contributed by atoms with E-state index in [4.69, 9.17) is 4.74 Å². The van der Waals surface area contributed by atoms with E-state index in [0.717, 1.165) is 0 Å². The average molecular weight is 299 g/mol. The molecule has 17 heavy (non-hydrogen) atoms. The number of halogens is 1. The molecule has 0 aliphatic rings. The summed E-state index contributed by atoms with van der Waals surface area (Å²) >= 11 is 3.24. The van der Waals surface area contributed by atoms with E-state index in [0.29, 0.717) is 21.7 Å². The second kappa shape index (κ2) is 4.80. The minimum absolute atomic E-state index is 0.503. The highest BCUT2D eigenvalue weighted by molar-refractivity contribution is 9.10. The lowest BCUT2D eigenvalue weighted by Crippen LogP contribution is -2.07. The molecule has 1 N–H and O–H groups in total. The molecule has 0 bridgehead atoms. The molecule has 0 saturated carbocycles. The van der Waals surface area contributed by atoms with Crippen LogP contribution < -0.4 is 4.74 Å². The largest absolute Gasteiger partial charge is 0.481 e. The lowest BCUT2D eigenvalue weighted by molar-refractivity contribution is 0.208. The maximum Gasteiger partial charge on any atom is 0.212 e. The van der Waals surface area contributed by atoms with Gasteiger partial charge in [-0.2, -0.15) is 0 Å². The Morgan fingerprint density at radius 3 is 2.71 bits per heavy atom. The number of ether oxygens (including phenoxy) is 1. The first kappa shape index (κ1) is 12.0. The first-order valence-corrected chi connectivity index (χ1v) is 5.66. The van der Waals surface area contributed by atoms with Crippen LogP contribution in [-0.2, 0) is 7.05 Å². The van der Waals surface area contributed by atoms with Crippen LogP contribution in [0.2, 0.25) is 0 Å². The Bertz CT molecular complexity index is 492. The number of hydrogen-bond acceptors (Lipinski definition) is 5. The van der Waals surface area contributed by atoms with Crippen LogP contribution in [0.15, 0.2) is 22.9 Å². The summed E-state index contributed by atoms with van der Waals surface area (Å²) in [6, 6.07) is 3.44. The van der Waals surface area contributed by atoms with E-state index >= 15 is 0 Å². The zero-order chi connectivity index (χ0) is 12.4. The van der Waals surface area contributed by atoms with Crippen LogP contribution in [0.3, 0.4) is 0 Å². The highest BCUT2D eigenvalue weighted by atomic mass is 79.9. The number of aliphatic hydroxyl groups is 1. The van der Waals surface area contributed by atoms with E-state index in [1.54, 1.807) is 32.5 Å². The van der Waals surface area contributed by atoms with Crippen molar-refractivity contribution in [1.82, 2.24) is 20.0 Å². The summed E-state index contributed by atoms with van der Waals surface area (Å²) < 4.78 is 6.99. The molecule has 0 aliphatic carbocycles. The number of hydrogen-bond donors (Lipinski definition) is 1. The third kappa shape index (κ3) is 2.29. The molecule has 0 spiro atoms. The highest BCUT2D eigenvalue weighted by Crippen LogP contribution is 2.26. The van der Waals surface area contributed by atoms with E-state index in [1.807, 2.05) is 0 Å². The number of aromatic nitrogens is 4. The lowest BCUT2D eigenvalue weighted by Gasteiger charge is -2.11. The molecule has 1 atom stereocenters. The van der Waals surface area contributed by atoms with Gasteiger partial charge >= 0.3 is 0 Å². The second-order valence-electron chi connectivity index (χ2n) is 3.43. The van der Waals surface area contributed by atoms with Crippen LogP contribution in [0, 0.1) is 0 Å². The van der Waals surface area contributed by atoms with Crippen LogP contribution in [0.25, 0.3) is 0 Å². The van der Waals surface area contributed by atoms with Crippen molar-refractivity contribution in [2.75, 3.05) is 7.11 Å². The van der Waals surface area contributed by atoms with E-state index in [2.05, 4.69) is 31.2 Å². The molecule has 0 saturated heterocycles. The van der Waals surface area contributed by atoms with E-state index < -0.39 is 6.10 Å². The fraction of sp³-hybridized carbons (Fsp3) is 0.300. The van der Waals surface area contributed by atoms with Gasteiger partial charge in [-0.1, -0.05) is 5.21 Å². The molecule has 2 rings (SSSR count). The summed E-state index contributed by atoms with van der Waals surface area (Å²) in [5.74, 6) is 0.503. The van der Waals surface area contributed by atoms with Crippen molar-refractivity contribution in [2.24, 2.45) is 7.05 Å². The molecule has 0 radical (unpaired) electrons. The summed E-state index contributed by atoms with van der Waals surface area (Å²) in [6.07, 6.45) is 0.728. The molecule has 0 amide bonds. The molecule has 2 aromatic rings. The van der Waals surface area contributed by atoms with Gasteiger partial charge in [0.2, 0.25) is 5.88 Å². The molecule has 1 unspecified atom stereocenters. The smallest absolute Gasteiger partial charge is 0.212 e. The Hall–Kier alpha value is -1.47. The summed E-state index contributed by atoms with van der Waals surface area (Å²) in [5.41, 5.74) is 1.23. The fourth-order valence-corrected chi connectivity index (χ4v) is 2.01. The summed E-state index contributed by atoms with van der Waals surface area (Å²) in [5, 5.41) is 17.8. The van der Waals surface area contributed by atoms with Gasteiger partial charge in [-0.3, -0.25) is 0 Å². The summed E-state index contributed by atoms with van der Waals surface area (Å²) in [7, 11) is 3.26. The number of nitrogens with zero attached hydrogens (tertiary/aromatic N) is 4. The maximum absolute atomic E-state index is 10.2. The number of methoxy groups -OCH3 is 1. The van der Waals surface area contributed by atoms with Crippen molar-refractivity contribution < 1.29 is 9.84 Å². The minimum atomic E-state index is -0.831. The van der Waals surface area contributed by atoms with Crippen LogP contribution in [0.5, 0.6) is 5.88 Å². The van der Waals surface area contributed by atoms with Crippen molar-refractivity contribution in [3.8, 4) is 5.88 Å². The van der Waals surface area contributed by atoms with Gasteiger partial charge in [0.1, 0.15) is 11.8 Å². The molecule has 2 aromatic heterocycles.